The molecule has 122 valence electrons. The number of sulfonamides is 1. The number of halogens is 1. The molecule has 1 aromatic rings. The molecule has 1 fully saturated rings. The summed E-state index contributed by atoms with van der Waals surface area (Å²) in [6, 6.07) is 3.44. The molecular weight excluding hydrogens is 309 g/mol. The average molecular weight is 329 g/mol. The predicted octanol–water partition coefficient (Wildman–Crippen LogP) is 1.01. The Morgan fingerprint density at radius 1 is 1.45 bits per heavy atom. The van der Waals surface area contributed by atoms with E-state index in [2.05, 4.69) is 10.6 Å². The van der Waals surface area contributed by atoms with Crippen LogP contribution in [0.15, 0.2) is 23.1 Å². The molecule has 0 bridgehead atoms. The van der Waals surface area contributed by atoms with E-state index >= 15 is 0 Å². The summed E-state index contributed by atoms with van der Waals surface area (Å²) in [4.78, 5) is 11.0. The van der Waals surface area contributed by atoms with Crippen molar-refractivity contribution in [2.24, 2.45) is 5.92 Å². The molecule has 1 saturated heterocycles. The van der Waals surface area contributed by atoms with Crippen molar-refractivity contribution in [1.82, 2.24) is 9.62 Å². The van der Waals surface area contributed by atoms with Crippen LogP contribution in [0.25, 0.3) is 0 Å². The van der Waals surface area contributed by atoms with Crippen LogP contribution in [-0.2, 0) is 14.8 Å². The first-order valence-corrected chi connectivity index (χ1v) is 8.50. The summed E-state index contributed by atoms with van der Waals surface area (Å²) in [6.07, 6.45) is 0.791. The lowest BCUT2D eigenvalue weighted by Gasteiger charge is -2.17. The van der Waals surface area contributed by atoms with Crippen molar-refractivity contribution in [3.05, 3.63) is 24.0 Å². The fourth-order valence-electron chi connectivity index (χ4n) is 2.57. The maximum atomic E-state index is 13.6. The zero-order valence-electron chi connectivity index (χ0n) is 12.6. The fourth-order valence-corrected chi connectivity index (χ4v) is 4.13. The molecule has 1 heterocycles. The van der Waals surface area contributed by atoms with E-state index in [0.717, 1.165) is 25.1 Å². The molecule has 0 aliphatic carbocycles. The number of hydrogen-bond acceptors (Lipinski definition) is 4. The molecule has 2 N–H and O–H groups in total. The van der Waals surface area contributed by atoms with E-state index in [9.17, 15) is 17.6 Å². The van der Waals surface area contributed by atoms with Crippen molar-refractivity contribution in [3.8, 4) is 0 Å². The number of nitrogens with one attached hydrogen (secondary N) is 2. The van der Waals surface area contributed by atoms with Gasteiger partial charge >= 0.3 is 0 Å². The maximum absolute atomic E-state index is 13.6. The van der Waals surface area contributed by atoms with Crippen molar-refractivity contribution < 1.29 is 17.6 Å². The van der Waals surface area contributed by atoms with Gasteiger partial charge in [-0.25, -0.2) is 12.8 Å². The summed E-state index contributed by atoms with van der Waals surface area (Å²) in [7, 11) is -1.85. The Hall–Kier alpha value is -1.51. The van der Waals surface area contributed by atoms with Crippen molar-refractivity contribution in [3.63, 3.8) is 0 Å². The normalized spacial score (nSPS) is 19.3. The van der Waals surface area contributed by atoms with Crippen LogP contribution in [0.3, 0.4) is 0 Å². The summed E-state index contributed by atoms with van der Waals surface area (Å²) >= 11 is 0. The molecule has 0 radical (unpaired) electrons. The summed E-state index contributed by atoms with van der Waals surface area (Å²) in [5.41, 5.74) is -0.125. The van der Waals surface area contributed by atoms with E-state index in [-0.39, 0.29) is 16.5 Å². The number of amides is 1. The third kappa shape index (κ3) is 3.63. The molecule has 0 aromatic heterocycles. The van der Waals surface area contributed by atoms with E-state index in [1.807, 2.05) is 7.05 Å². The Bertz CT molecular complexity index is 663. The number of carbonyl (C=O) groups excluding carboxylic acids is 1. The third-order valence-corrected chi connectivity index (χ3v) is 5.49. The predicted molar refractivity (Wildman–Crippen MR) is 81.5 cm³/mol. The third-order valence-electron chi connectivity index (χ3n) is 3.63. The van der Waals surface area contributed by atoms with Crippen molar-refractivity contribution in [2.45, 2.75) is 18.2 Å². The number of carbonyl (C=O) groups is 1. The Kier molecular flexibility index (Phi) is 5.15. The highest BCUT2D eigenvalue weighted by Crippen LogP contribution is 2.26. The maximum Gasteiger partial charge on any atom is 0.243 e. The standard InChI is InChI=1S/C14H20FN3O3S/c1-10(19)17-14-7-12(3-4-13(14)15)22(20,21)18-6-5-11(9-18)8-16-2/h3-4,7,11,16H,5-6,8-9H2,1-2H3,(H,17,19). The van der Waals surface area contributed by atoms with Gasteiger partial charge in [-0.1, -0.05) is 0 Å². The molecule has 1 atom stereocenters. The minimum atomic E-state index is -3.68. The molecule has 8 heteroatoms. The van der Waals surface area contributed by atoms with Crippen LogP contribution in [0.5, 0.6) is 0 Å². The highest BCUT2D eigenvalue weighted by Gasteiger charge is 2.32. The highest BCUT2D eigenvalue weighted by molar-refractivity contribution is 7.89. The van der Waals surface area contributed by atoms with Crippen LogP contribution in [-0.4, -0.2) is 45.3 Å². The van der Waals surface area contributed by atoms with Crippen LogP contribution >= 0.6 is 0 Å². The molecule has 22 heavy (non-hydrogen) atoms. The lowest BCUT2D eigenvalue weighted by atomic mass is 10.1. The van der Waals surface area contributed by atoms with Crippen LogP contribution in [0.1, 0.15) is 13.3 Å². The summed E-state index contributed by atoms with van der Waals surface area (Å²) in [5.74, 6) is -0.845. The number of anilines is 1. The number of hydrogen-bond donors (Lipinski definition) is 2. The topological polar surface area (TPSA) is 78.5 Å². The Labute approximate surface area is 129 Å². The monoisotopic (exact) mass is 329 g/mol. The van der Waals surface area contributed by atoms with Gasteiger partial charge in [0.25, 0.3) is 0 Å². The molecule has 6 nitrogen and oxygen atoms in total. The van der Waals surface area contributed by atoms with Gasteiger partial charge in [0, 0.05) is 20.0 Å². The second-order valence-corrected chi connectivity index (χ2v) is 7.34. The van der Waals surface area contributed by atoms with E-state index in [4.69, 9.17) is 0 Å². The molecule has 1 unspecified atom stereocenters. The SMILES string of the molecule is CNCC1CCN(S(=O)(=O)c2ccc(F)c(NC(C)=O)c2)C1. The zero-order valence-corrected chi connectivity index (χ0v) is 13.4. The Morgan fingerprint density at radius 3 is 2.82 bits per heavy atom. The van der Waals surface area contributed by atoms with Crippen LogP contribution in [0.4, 0.5) is 10.1 Å². The van der Waals surface area contributed by atoms with Gasteiger partial charge in [-0.05, 0) is 44.1 Å². The van der Waals surface area contributed by atoms with Gasteiger partial charge in [0.15, 0.2) is 0 Å². The fraction of sp³-hybridized carbons (Fsp3) is 0.500. The van der Waals surface area contributed by atoms with E-state index in [1.165, 1.54) is 17.3 Å². The van der Waals surface area contributed by atoms with Crippen LogP contribution in [0, 0.1) is 11.7 Å². The van der Waals surface area contributed by atoms with Crippen molar-refractivity contribution in [2.75, 3.05) is 32.0 Å². The van der Waals surface area contributed by atoms with Gasteiger partial charge in [-0.15, -0.1) is 0 Å². The minimum Gasteiger partial charge on any atom is -0.324 e. The zero-order chi connectivity index (χ0) is 16.3. The van der Waals surface area contributed by atoms with Crippen LogP contribution in [0.2, 0.25) is 0 Å². The summed E-state index contributed by atoms with van der Waals surface area (Å²) < 4.78 is 40.2. The number of rotatable bonds is 5. The highest BCUT2D eigenvalue weighted by atomic mass is 32.2. The first kappa shape index (κ1) is 16.9. The molecule has 1 aliphatic heterocycles. The summed E-state index contributed by atoms with van der Waals surface area (Å²) in [6.45, 7) is 2.88. The van der Waals surface area contributed by atoms with Crippen LogP contribution < -0.4 is 10.6 Å². The molecule has 1 aliphatic rings. The molecule has 0 saturated carbocycles. The first-order chi connectivity index (χ1) is 10.3. The van der Waals surface area contributed by atoms with Gasteiger partial charge in [0.2, 0.25) is 15.9 Å². The Balaban J connectivity index is 2.25. The van der Waals surface area contributed by atoms with E-state index < -0.39 is 21.7 Å². The number of nitrogens with zero attached hydrogens (tertiary/aromatic N) is 1. The first-order valence-electron chi connectivity index (χ1n) is 7.06. The minimum absolute atomic E-state index is 0.0113. The molecular formula is C14H20FN3O3S. The van der Waals surface area contributed by atoms with Gasteiger partial charge in [0.1, 0.15) is 5.82 Å². The van der Waals surface area contributed by atoms with Crippen molar-refractivity contribution >= 4 is 21.6 Å². The lowest BCUT2D eigenvalue weighted by molar-refractivity contribution is -0.114. The Morgan fingerprint density at radius 2 is 2.18 bits per heavy atom. The van der Waals surface area contributed by atoms with Gasteiger partial charge < -0.3 is 10.6 Å². The lowest BCUT2D eigenvalue weighted by Crippen LogP contribution is -2.30. The smallest absolute Gasteiger partial charge is 0.243 e. The molecule has 2 rings (SSSR count). The summed E-state index contributed by atoms with van der Waals surface area (Å²) in [5, 5.41) is 5.34. The largest absolute Gasteiger partial charge is 0.324 e. The second kappa shape index (κ2) is 6.72. The van der Waals surface area contributed by atoms with Gasteiger partial charge in [-0.3, -0.25) is 4.79 Å². The second-order valence-electron chi connectivity index (χ2n) is 5.40. The van der Waals surface area contributed by atoms with E-state index in [1.54, 1.807) is 0 Å². The molecule has 1 aromatic carbocycles. The average Bonchev–Trinajstić information content (AvgIpc) is 2.90. The van der Waals surface area contributed by atoms with E-state index in [0.29, 0.717) is 13.1 Å². The number of benzene rings is 1. The van der Waals surface area contributed by atoms with Gasteiger partial charge in [0.05, 0.1) is 10.6 Å². The molecule has 1 amide bonds. The quantitative estimate of drug-likeness (QED) is 0.845. The van der Waals surface area contributed by atoms with Gasteiger partial charge in [-0.2, -0.15) is 4.31 Å². The van der Waals surface area contributed by atoms with Crippen molar-refractivity contribution in [1.29, 1.82) is 0 Å². The molecule has 0 spiro atoms.